The zero-order valence-electron chi connectivity index (χ0n) is 13.4. The van der Waals surface area contributed by atoms with Gasteiger partial charge in [0.05, 0.1) is 0 Å². The van der Waals surface area contributed by atoms with Gasteiger partial charge in [-0.15, -0.1) is 0 Å². The number of carbonyl (C=O) groups is 2. The Morgan fingerprint density at radius 3 is 2.05 bits per heavy atom. The molecular formula is C15H25NO4S. The number of carboxylic acids is 1. The fraction of sp³-hybridized carbons (Fsp3) is 0.733. The van der Waals surface area contributed by atoms with E-state index in [2.05, 4.69) is 0 Å². The molecule has 0 radical (unpaired) electrons. The van der Waals surface area contributed by atoms with Crippen LogP contribution in [-0.4, -0.2) is 50.2 Å². The highest BCUT2D eigenvalue weighted by Gasteiger charge is 2.45. The first-order valence-electron chi connectivity index (χ1n) is 7.05. The van der Waals surface area contributed by atoms with Crippen LogP contribution in [0.2, 0.25) is 0 Å². The van der Waals surface area contributed by atoms with Crippen molar-refractivity contribution in [1.29, 1.82) is 0 Å². The minimum absolute atomic E-state index is 0.0683. The van der Waals surface area contributed by atoms with Crippen molar-refractivity contribution in [2.45, 2.75) is 45.3 Å². The summed E-state index contributed by atoms with van der Waals surface area (Å²) in [4.78, 5) is 25.3. The van der Waals surface area contributed by atoms with Crippen LogP contribution in [-0.2, 0) is 20.4 Å². The van der Waals surface area contributed by atoms with Crippen LogP contribution in [0, 0.1) is 5.41 Å². The Morgan fingerprint density at radius 2 is 1.71 bits per heavy atom. The van der Waals surface area contributed by atoms with Gasteiger partial charge in [0.2, 0.25) is 5.91 Å². The smallest absolute Gasteiger partial charge is 0.322 e. The third-order valence-corrected chi connectivity index (χ3v) is 6.03. The monoisotopic (exact) mass is 315 g/mol. The highest BCUT2D eigenvalue weighted by molar-refractivity contribution is 7.86. The topological polar surface area (TPSA) is 74.7 Å². The van der Waals surface area contributed by atoms with E-state index in [0.29, 0.717) is 13.1 Å². The summed E-state index contributed by atoms with van der Waals surface area (Å²) in [6, 6.07) is 0. The summed E-state index contributed by atoms with van der Waals surface area (Å²) in [6.07, 6.45) is 3.52. The Kier molecular flexibility index (Phi) is 5.36. The van der Waals surface area contributed by atoms with Gasteiger partial charge in [-0.05, 0) is 25.2 Å². The van der Waals surface area contributed by atoms with Gasteiger partial charge in [-0.25, -0.2) is 0 Å². The lowest BCUT2D eigenvalue weighted by atomic mass is 9.87. The molecule has 0 aliphatic carbocycles. The van der Waals surface area contributed by atoms with Crippen LogP contribution in [0.5, 0.6) is 0 Å². The van der Waals surface area contributed by atoms with Crippen molar-refractivity contribution >= 4 is 22.7 Å². The number of carbonyl (C=O) groups excluding carboxylic acids is 1. The predicted molar refractivity (Wildman–Crippen MR) is 83.5 cm³/mol. The summed E-state index contributed by atoms with van der Waals surface area (Å²) < 4.78 is 10.6. The average molecular weight is 315 g/mol. The molecule has 1 N–H and O–H groups in total. The van der Waals surface area contributed by atoms with Crippen LogP contribution in [0.25, 0.3) is 0 Å². The van der Waals surface area contributed by atoms with E-state index in [1.54, 1.807) is 11.0 Å². The molecule has 1 fully saturated rings. The molecule has 1 aliphatic rings. The lowest BCUT2D eigenvalue weighted by Gasteiger charge is -2.37. The molecule has 0 aromatic rings. The van der Waals surface area contributed by atoms with Gasteiger partial charge >= 0.3 is 5.97 Å². The molecule has 0 saturated carbocycles. The molecule has 120 valence electrons. The molecule has 0 unspecified atom stereocenters. The Hall–Kier alpha value is -1.17. The second-order valence-electron chi connectivity index (χ2n) is 6.66. The van der Waals surface area contributed by atoms with E-state index in [9.17, 15) is 18.9 Å². The Bertz CT molecular complexity index is 466. The molecule has 0 spiro atoms. The summed E-state index contributed by atoms with van der Waals surface area (Å²) in [5, 5.41) is 9.33. The van der Waals surface area contributed by atoms with Crippen molar-refractivity contribution in [2.24, 2.45) is 5.41 Å². The number of likely N-dealkylation sites (tertiary alicyclic amines) is 1. The van der Waals surface area contributed by atoms with Gasteiger partial charge in [0.1, 0.15) is 4.75 Å². The number of nitrogens with zero attached hydrogens (tertiary/aromatic N) is 1. The summed E-state index contributed by atoms with van der Waals surface area (Å²) in [5.41, 5.74) is 0.919. The number of hydrogen-bond donors (Lipinski definition) is 1. The highest BCUT2D eigenvalue weighted by atomic mass is 32.2. The Morgan fingerprint density at radius 1 is 1.24 bits per heavy atom. The van der Waals surface area contributed by atoms with Crippen molar-refractivity contribution in [1.82, 2.24) is 4.90 Å². The second-order valence-corrected chi connectivity index (χ2v) is 8.35. The van der Waals surface area contributed by atoms with E-state index in [1.807, 2.05) is 27.7 Å². The number of aliphatic carboxylic acids is 1. The van der Waals surface area contributed by atoms with E-state index >= 15 is 0 Å². The van der Waals surface area contributed by atoms with Crippen LogP contribution >= 0.6 is 0 Å². The first-order chi connectivity index (χ1) is 9.50. The molecule has 0 bridgehead atoms. The third kappa shape index (κ3) is 3.93. The molecule has 5 nitrogen and oxygen atoms in total. The van der Waals surface area contributed by atoms with E-state index in [-0.39, 0.29) is 24.2 Å². The SMILES string of the molecule is C/C(=C\C(=O)N1CCC(C(=O)O)([S@](C)=O)CC1)C(C)(C)C. The predicted octanol–water partition coefficient (Wildman–Crippen LogP) is 1.80. The molecule has 1 heterocycles. The standard InChI is InChI=1S/C15H25NO4S/c1-11(14(2,3)4)10-12(17)16-8-6-15(7-9-16,13(18)19)21(5)20/h10H,6-9H2,1-5H3,(H,18,19)/b11-10+/t21-/m0/s1. The fourth-order valence-electron chi connectivity index (χ4n) is 2.21. The van der Waals surface area contributed by atoms with Crippen molar-refractivity contribution in [3.8, 4) is 0 Å². The average Bonchev–Trinajstić information content (AvgIpc) is 2.36. The van der Waals surface area contributed by atoms with Crippen molar-refractivity contribution < 1.29 is 18.9 Å². The third-order valence-electron chi connectivity index (χ3n) is 4.35. The molecule has 1 saturated heterocycles. The van der Waals surface area contributed by atoms with E-state index in [4.69, 9.17) is 0 Å². The quantitative estimate of drug-likeness (QED) is 0.806. The molecule has 0 aromatic heterocycles. The first kappa shape index (κ1) is 17.9. The second kappa shape index (κ2) is 6.30. The molecule has 1 aliphatic heterocycles. The maximum Gasteiger partial charge on any atom is 0.322 e. The van der Waals surface area contributed by atoms with Gasteiger partial charge in [0.15, 0.2) is 0 Å². The zero-order valence-corrected chi connectivity index (χ0v) is 14.2. The van der Waals surface area contributed by atoms with E-state index < -0.39 is 21.5 Å². The molecular weight excluding hydrogens is 290 g/mol. The maximum atomic E-state index is 12.2. The summed E-state index contributed by atoms with van der Waals surface area (Å²) in [7, 11) is -1.45. The molecule has 1 atom stereocenters. The maximum absolute atomic E-state index is 12.2. The fourth-order valence-corrected chi connectivity index (χ4v) is 3.21. The molecule has 1 rings (SSSR count). The van der Waals surface area contributed by atoms with Crippen LogP contribution in [0.3, 0.4) is 0 Å². The van der Waals surface area contributed by atoms with Gasteiger partial charge in [-0.2, -0.15) is 0 Å². The number of amides is 1. The zero-order chi connectivity index (χ0) is 16.4. The first-order valence-corrected chi connectivity index (χ1v) is 8.61. The summed E-state index contributed by atoms with van der Waals surface area (Å²) in [5.74, 6) is -1.12. The van der Waals surface area contributed by atoms with Gasteiger partial charge in [0.25, 0.3) is 0 Å². The number of piperidine rings is 1. The van der Waals surface area contributed by atoms with Gasteiger partial charge in [-0.3, -0.25) is 13.8 Å². The van der Waals surface area contributed by atoms with Crippen LogP contribution in [0.1, 0.15) is 40.5 Å². The van der Waals surface area contributed by atoms with Gasteiger partial charge in [0, 0.05) is 36.2 Å². The normalized spacial score (nSPS) is 21.0. The summed E-state index contributed by atoms with van der Waals surface area (Å²) >= 11 is 0. The number of rotatable bonds is 3. The molecule has 21 heavy (non-hydrogen) atoms. The van der Waals surface area contributed by atoms with Crippen LogP contribution in [0.4, 0.5) is 0 Å². The van der Waals surface area contributed by atoms with E-state index in [0.717, 1.165) is 5.57 Å². The van der Waals surface area contributed by atoms with Crippen molar-refractivity contribution in [3.05, 3.63) is 11.6 Å². The van der Waals surface area contributed by atoms with Crippen LogP contribution < -0.4 is 0 Å². The number of carboxylic acid groups (broad SMARTS) is 1. The Balaban J connectivity index is 2.80. The van der Waals surface area contributed by atoms with Gasteiger partial charge < -0.3 is 10.0 Å². The van der Waals surface area contributed by atoms with Crippen molar-refractivity contribution in [3.63, 3.8) is 0 Å². The highest BCUT2D eigenvalue weighted by Crippen LogP contribution is 2.29. The van der Waals surface area contributed by atoms with Crippen molar-refractivity contribution in [2.75, 3.05) is 19.3 Å². The number of hydrogen-bond acceptors (Lipinski definition) is 3. The lowest BCUT2D eigenvalue weighted by Crippen LogP contribution is -2.52. The largest absolute Gasteiger partial charge is 0.480 e. The lowest BCUT2D eigenvalue weighted by molar-refractivity contribution is -0.143. The number of allylic oxidation sites excluding steroid dienone is 1. The Labute approximate surface area is 128 Å². The minimum Gasteiger partial charge on any atom is -0.480 e. The molecule has 0 aromatic carbocycles. The minimum atomic E-state index is -1.45. The molecule has 1 amide bonds. The van der Waals surface area contributed by atoms with Crippen LogP contribution in [0.15, 0.2) is 11.6 Å². The van der Waals surface area contributed by atoms with E-state index in [1.165, 1.54) is 6.26 Å². The summed E-state index contributed by atoms with van der Waals surface area (Å²) in [6.45, 7) is 8.70. The molecule has 6 heteroatoms. The van der Waals surface area contributed by atoms with Gasteiger partial charge in [-0.1, -0.05) is 26.3 Å².